The highest BCUT2D eigenvalue weighted by Gasteiger charge is 2.46. The van der Waals surface area contributed by atoms with E-state index in [2.05, 4.69) is 25.3 Å². The zero-order chi connectivity index (χ0) is 25.4. The van der Waals surface area contributed by atoms with E-state index in [9.17, 15) is 22.8 Å². The Bertz CT molecular complexity index is 1150. The summed E-state index contributed by atoms with van der Waals surface area (Å²) >= 11 is 0. The van der Waals surface area contributed by atoms with Crippen LogP contribution in [-0.4, -0.2) is 75.4 Å². The van der Waals surface area contributed by atoms with Crippen molar-refractivity contribution in [2.24, 2.45) is 0 Å². The van der Waals surface area contributed by atoms with Crippen LogP contribution in [0.2, 0.25) is 0 Å². The van der Waals surface area contributed by atoms with Gasteiger partial charge in [-0.3, -0.25) is 9.59 Å². The maximum Gasteiger partial charge on any atom is 0.423 e. The van der Waals surface area contributed by atoms with Gasteiger partial charge < -0.3 is 19.9 Å². The SMILES string of the molecule is CC(COCCC(=O)N1CC2CC1CN2c1ncc(C2CC2)cn1)Nc1cn[nH]c(=O)c1C(F)(F)F. The van der Waals surface area contributed by atoms with Crippen LogP contribution in [0.4, 0.5) is 24.8 Å². The van der Waals surface area contributed by atoms with Gasteiger partial charge in [0.15, 0.2) is 0 Å². The molecule has 3 atom stereocenters. The number of anilines is 2. The van der Waals surface area contributed by atoms with Crippen molar-refractivity contribution in [2.75, 3.05) is 36.5 Å². The van der Waals surface area contributed by atoms with Crippen molar-refractivity contribution >= 4 is 17.5 Å². The average molecular weight is 508 g/mol. The Morgan fingerprint density at radius 1 is 1.22 bits per heavy atom. The second-order valence-electron chi connectivity index (χ2n) is 9.69. The van der Waals surface area contributed by atoms with Crippen LogP contribution in [0.1, 0.15) is 49.7 Å². The summed E-state index contributed by atoms with van der Waals surface area (Å²) in [6.45, 7) is 3.15. The summed E-state index contributed by atoms with van der Waals surface area (Å²) in [7, 11) is 0. The Hall–Kier alpha value is -3.22. The lowest BCUT2D eigenvalue weighted by atomic mass is 10.2. The standard InChI is InChI=1S/C23H28F3N7O3/c1-13(30-18-9-29-31-21(35)20(18)23(24,25)26)12-36-5-4-19(34)32-10-17-6-16(32)11-33(17)22-27-7-15(8-28-22)14-2-3-14/h7-9,13-14,16-17H,2-6,10-12H2,1H3,(H2,30,31,35). The van der Waals surface area contributed by atoms with Gasteiger partial charge in [-0.15, -0.1) is 0 Å². The number of nitrogens with one attached hydrogen (secondary N) is 2. The van der Waals surface area contributed by atoms with E-state index in [1.165, 1.54) is 18.4 Å². The van der Waals surface area contributed by atoms with Crippen LogP contribution in [0.15, 0.2) is 23.4 Å². The molecule has 194 valence electrons. The van der Waals surface area contributed by atoms with Gasteiger partial charge in [0.1, 0.15) is 5.56 Å². The maximum absolute atomic E-state index is 13.2. The molecule has 0 radical (unpaired) electrons. The zero-order valence-electron chi connectivity index (χ0n) is 19.8. The number of halogens is 3. The number of hydrogen-bond acceptors (Lipinski definition) is 8. The fraction of sp³-hybridized carbons (Fsp3) is 0.609. The highest BCUT2D eigenvalue weighted by molar-refractivity contribution is 5.77. The summed E-state index contributed by atoms with van der Waals surface area (Å²) < 4.78 is 45.0. The Labute approximate surface area is 205 Å². The van der Waals surface area contributed by atoms with Crippen molar-refractivity contribution in [2.45, 2.75) is 62.8 Å². The number of nitrogens with zero attached hydrogens (tertiary/aromatic N) is 5. The number of ether oxygens (including phenoxy) is 1. The molecule has 0 spiro atoms. The number of rotatable bonds is 9. The number of likely N-dealkylation sites (tertiary alicyclic amines) is 1. The van der Waals surface area contributed by atoms with E-state index in [0.29, 0.717) is 25.0 Å². The van der Waals surface area contributed by atoms with Crippen molar-refractivity contribution in [3.05, 3.63) is 40.1 Å². The number of alkyl halides is 3. The molecule has 5 rings (SSSR count). The molecule has 3 aliphatic rings. The molecular weight excluding hydrogens is 479 g/mol. The minimum Gasteiger partial charge on any atom is -0.379 e. The minimum atomic E-state index is -4.82. The molecular formula is C23H28F3N7O3. The third-order valence-electron chi connectivity index (χ3n) is 6.89. The molecule has 2 N–H and O–H groups in total. The Morgan fingerprint density at radius 3 is 2.61 bits per heavy atom. The van der Waals surface area contributed by atoms with Gasteiger partial charge in [-0.05, 0) is 37.7 Å². The molecule has 3 unspecified atom stereocenters. The van der Waals surface area contributed by atoms with Gasteiger partial charge >= 0.3 is 6.18 Å². The molecule has 4 heterocycles. The smallest absolute Gasteiger partial charge is 0.379 e. The van der Waals surface area contributed by atoms with Gasteiger partial charge in [0.2, 0.25) is 11.9 Å². The van der Waals surface area contributed by atoms with E-state index in [0.717, 1.165) is 12.6 Å². The largest absolute Gasteiger partial charge is 0.423 e. The van der Waals surface area contributed by atoms with Crippen molar-refractivity contribution in [3.8, 4) is 0 Å². The first kappa shape index (κ1) is 24.5. The number of aromatic amines is 1. The van der Waals surface area contributed by atoms with Crippen molar-refractivity contribution in [1.82, 2.24) is 25.1 Å². The Balaban J connectivity index is 1.05. The van der Waals surface area contributed by atoms with Gasteiger partial charge in [0.25, 0.3) is 5.56 Å². The molecule has 0 aromatic carbocycles. The predicted octanol–water partition coefficient (Wildman–Crippen LogP) is 2.15. The number of hydrogen-bond donors (Lipinski definition) is 2. The number of piperazine rings is 1. The minimum absolute atomic E-state index is 0.00841. The monoisotopic (exact) mass is 507 g/mol. The highest BCUT2D eigenvalue weighted by atomic mass is 19.4. The van der Waals surface area contributed by atoms with Crippen LogP contribution in [0.25, 0.3) is 0 Å². The summed E-state index contributed by atoms with van der Waals surface area (Å²) in [5.74, 6) is 1.32. The highest BCUT2D eigenvalue weighted by Crippen LogP contribution is 2.40. The Kier molecular flexibility index (Phi) is 6.58. The molecule has 2 aromatic rings. The third kappa shape index (κ3) is 5.15. The van der Waals surface area contributed by atoms with Gasteiger partial charge in [-0.25, -0.2) is 15.1 Å². The van der Waals surface area contributed by atoms with E-state index in [1.54, 1.807) is 12.0 Å². The van der Waals surface area contributed by atoms with Gasteiger partial charge in [0.05, 0.1) is 43.6 Å². The maximum atomic E-state index is 13.2. The second-order valence-corrected chi connectivity index (χ2v) is 9.69. The second kappa shape index (κ2) is 9.68. The molecule has 1 saturated carbocycles. The van der Waals surface area contributed by atoms with Crippen LogP contribution >= 0.6 is 0 Å². The number of carbonyl (C=O) groups is 1. The summed E-state index contributed by atoms with van der Waals surface area (Å²) in [5.41, 5.74) is -1.87. The molecule has 2 aromatic heterocycles. The molecule has 2 aliphatic heterocycles. The molecule has 2 bridgehead atoms. The fourth-order valence-corrected chi connectivity index (χ4v) is 4.98. The van der Waals surface area contributed by atoms with Crippen LogP contribution in [-0.2, 0) is 15.7 Å². The first-order chi connectivity index (χ1) is 17.2. The Morgan fingerprint density at radius 2 is 1.97 bits per heavy atom. The van der Waals surface area contributed by atoms with Crippen molar-refractivity contribution < 1.29 is 22.7 Å². The number of H-pyrrole nitrogens is 1. The molecule has 1 amide bonds. The number of aromatic nitrogens is 4. The van der Waals surface area contributed by atoms with Gasteiger partial charge in [-0.2, -0.15) is 18.3 Å². The summed E-state index contributed by atoms with van der Waals surface area (Å²) in [6.07, 6.45) is 3.41. The molecule has 3 fully saturated rings. The molecule has 13 heteroatoms. The van der Waals surface area contributed by atoms with Gasteiger partial charge in [-0.1, -0.05) is 0 Å². The first-order valence-corrected chi connectivity index (χ1v) is 12.1. The zero-order valence-corrected chi connectivity index (χ0v) is 19.8. The first-order valence-electron chi connectivity index (χ1n) is 12.1. The number of amides is 1. The summed E-state index contributed by atoms with van der Waals surface area (Å²) in [5, 5.41) is 7.84. The van der Waals surface area contributed by atoms with E-state index in [-0.39, 0.29) is 37.6 Å². The van der Waals surface area contributed by atoms with Crippen LogP contribution in [0, 0.1) is 0 Å². The topological polar surface area (TPSA) is 116 Å². The van der Waals surface area contributed by atoms with Crippen LogP contribution < -0.4 is 15.8 Å². The third-order valence-corrected chi connectivity index (χ3v) is 6.89. The van der Waals surface area contributed by atoms with Crippen LogP contribution in [0.3, 0.4) is 0 Å². The fourth-order valence-electron chi connectivity index (χ4n) is 4.98. The molecule has 36 heavy (non-hydrogen) atoms. The van der Waals surface area contributed by atoms with Crippen molar-refractivity contribution in [1.29, 1.82) is 0 Å². The number of fused-ring (bicyclic) bond motifs is 2. The average Bonchev–Trinajstić information content (AvgIpc) is 3.49. The molecule has 2 saturated heterocycles. The van der Waals surface area contributed by atoms with Crippen molar-refractivity contribution in [3.63, 3.8) is 0 Å². The normalized spacial score (nSPS) is 22.2. The molecule has 10 nitrogen and oxygen atoms in total. The quantitative estimate of drug-likeness (QED) is 0.496. The molecule has 1 aliphatic carbocycles. The van der Waals surface area contributed by atoms with E-state index in [4.69, 9.17) is 4.74 Å². The lowest BCUT2D eigenvalue weighted by Crippen LogP contribution is -2.49. The van der Waals surface area contributed by atoms with E-state index >= 15 is 0 Å². The lowest BCUT2D eigenvalue weighted by Gasteiger charge is -2.34. The lowest BCUT2D eigenvalue weighted by molar-refractivity contribution is -0.138. The summed E-state index contributed by atoms with van der Waals surface area (Å²) in [6, 6.07) is -0.229. The van der Waals surface area contributed by atoms with Gasteiger partial charge in [0, 0.05) is 31.5 Å². The predicted molar refractivity (Wildman–Crippen MR) is 124 cm³/mol. The summed E-state index contributed by atoms with van der Waals surface area (Å²) in [4.78, 5) is 37.4. The van der Waals surface area contributed by atoms with E-state index < -0.39 is 29.0 Å². The number of carbonyl (C=O) groups excluding carboxylic acids is 1. The van der Waals surface area contributed by atoms with Crippen LogP contribution in [0.5, 0.6) is 0 Å². The van der Waals surface area contributed by atoms with E-state index in [1.807, 2.05) is 17.3 Å².